The van der Waals surface area contributed by atoms with Crippen LogP contribution in [0.3, 0.4) is 0 Å². The second kappa shape index (κ2) is 7.94. The predicted molar refractivity (Wildman–Crippen MR) is 73.7 cm³/mol. The zero-order valence-electron chi connectivity index (χ0n) is 12.3. The second-order valence-corrected chi connectivity index (χ2v) is 4.98. The number of furan rings is 1. The molecule has 0 spiro atoms. The smallest absolute Gasteiger partial charge is 0.408 e. The molecule has 0 saturated carbocycles. The molecule has 1 N–H and O–H groups in total. The summed E-state index contributed by atoms with van der Waals surface area (Å²) >= 11 is 0. The second-order valence-electron chi connectivity index (χ2n) is 4.98. The van der Waals surface area contributed by atoms with Crippen molar-refractivity contribution >= 4 is 12.0 Å². The van der Waals surface area contributed by atoms with Gasteiger partial charge < -0.3 is 14.5 Å². The molecule has 1 aromatic heterocycles. The molecule has 0 aliphatic carbocycles. The fraction of sp³-hybridized carbons (Fsp3) is 0.500. The molecule has 1 rings (SSSR count). The molecule has 2 amide bonds. The Bertz CT molecular complexity index is 505. The third-order valence-electron chi connectivity index (χ3n) is 2.70. The van der Waals surface area contributed by atoms with E-state index in [-0.39, 0.29) is 12.5 Å². The van der Waals surface area contributed by atoms with Gasteiger partial charge in [0, 0.05) is 7.05 Å². The van der Waals surface area contributed by atoms with Gasteiger partial charge in [-0.3, -0.25) is 9.69 Å². The molecule has 0 aromatic carbocycles. The highest BCUT2D eigenvalue weighted by Gasteiger charge is 2.25. The molecule has 21 heavy (non-hydrogen) atoms. The number of hydrogen-bond acceptors (Lipinski definition) is 5. The lowest BCUT2D eigenvalue weighted by atomic mass is 10.0. The summed E-state index contributed by atoms with van der Waals surface area (Å²) < 4.78 is 10.00. The van der Waals surface area contributed by atoms with Crippen molar-refractivity contribution in [2.75, 3.05) is 7.05 Å². The van der Waals surface area contributed by atoms with Crippen LogP contribution in [0.25, 0.3) is 0 Å². The van der Waals surface area contributed by atoms with Crippen LogP contribution in [0.5, 0.6) is 0 Å². The zero-order chi connectivity index (χ0) is 15.8. The van der Waals surface area contributed by atoms with E-state index in [9.17, 15) is 9.59 Å². The number of nitrogens with zero attached hydrogens (tertiary/aromatic N) is 2. The monoisotopic (exact) mass is 293 g/mol. The molecule has 0 saturated heterocycles. The minimum atomic E-state index is -0.793. The SMILES string of the molecule is CC(C)C[C@@H](NC(=O)OCc1ccco1)C(=O)N(C)C#N. The maximum absolute atomic E-state index is 12.0. The number of hydrogen-bond donors (Lipinski definition) is 1. The van der Waals surface area contributed by atoms with Crippen LogP contribution >= 0.6 is 0 Å². The Balaban J connectivity index is 2.57. The Kier molecular flexibility index (Phi) is 6.27. The lowest BCUT2D eigenvalue weighted by molar-refractivity contribution is -0.129. The molecule has 1 heterocycles. The van der Waals surface area contributed by atoms with Crippen molar-refractivity contribution in [3.05, 3.63) is 24.2 Å². The highest BCUT2D eigenvalue weighted by atomic mass is 16.6. The standard InChI is InChI=1S/C14H19N3O4/c1-10(2)7-12(13(18)17(3)9-15)16-14(19)21-8-11-5-4-6-20-11/h4-6,10,12H,7-8H2,1-3H3,(H,16,19)/t12-/m1/s1. The highest BCUT2D eigenvalue weighted by Crippen LogP contribution is 2.08. The van der Waals surface area contributed by atoms with Gasteiger partial charge in [-0.1, -0.05) is 13.8 Å². The van der Waals surface area contributed by atoms with Gasteiger partial charge in [0.1, 0.15) is 11.8 Å². The normalized spacial score (nSPS) is 11.6. The molecule has 7 heteroatoms. The summed E-state index contributed by atoms with van der Waals surface area (Å²) in [5, 5.41) is 11.2. The van der Waals surface area contributed by atoms with Gasteiger partial charge in [0.2, 0.25) is 0 Å². The molecule has 1 aromatic rings. The molecule has 0 aliphatic heterocycles. The summed E-state index contributed by atoms with van der Waals surface area (Å²) in [5.41, 5.74) is 0. The molecular weight excluding hydrogens is 274 g/mol. The summed E-state index contributed by atoms with van der Waals surface area (Å²) in [6, 6.07) is 2.57. The minimum absolute atomic E-state index is 0.0183. The Labute approximate surface area is 123 Å². The minimum Gasteiger partial charge on any atom is -0.466 e. The summed E-state index contributed by atoms with van der Waals surface area (Å²) in [5.74, 6) is 0.212. The summed E-state index contributed by atoms with van der Waals surface area (Å²) in [6.07, 6.45) is 2.89. The largest absolute Gasteiger partial charge is 0.466 e. The van der Waals surface area contributed by atoms with Crippen molar-refractivity contribution in [3.63, 3.8) is 0 Å². The van der Waals surface area contributed by atoms with Gasteiger partial charge in [-0.05, 0) is 24.5 Å². The number of nitrogens with one attached hydrogen (secondary N) is 1. The molecular formula is C14H19N3O4. The van der Waals surface area contributed by atoms with Crippen LogP contribution in [-0.2, 0) is 16.1 Å². The third kappa shape index (κ3) is 5.57. The van der Waals surface area contributed by atoms with Gasteiger partial charge in [-0.25, -0.2) is 4.79 Å². The number of rotatable bonds is 6. The quantitative estimate of drug-likeness (QED) is 0.638. The van der Waals surface area contributed by atoms with Gasteiger partial charge in [0.25, 0.3) is 5.91 Å². The van der Waals surface area contributed by atoms with E-state index in [0.29, 0.717) is 12.2 Å². The first-order valence-electron chi connectivity index (χ1n) is 6.57. The molecule has 0 aliphatic rings. The van der Waals surface area contributed by atoms with E-state index in [4.69, 9.17) is 14.4 Å². The van der Waals surface area contributed by atoms with E-state index < -0.39 is 18.0 Å². The fourth-order valence-electron chi connectivity index (χ4n) is 1.69. The Hall–Kier alpha value is -2.49. The van der Waals surface area contributed by atoms with E-state index in [2.05, 4.69) is 5.32 Å². The Morgan fingerprint density at radius 1 is 1.52 bits per heavy atom. The summed E-state index contributed by atoms with van der Waals surface area (Å²) in [7, 11) is 1.35. The average molecular weight is 293 g/mol. The number of ether oxygens (including phenoxy) is 1. The van der Waals surface area contributed by atoms with Gasteiger partial charge in [-0.15, -0.1) is 0 Å². The molecule has 1 atom stereocenters. The molecule has 0 unspecified atom stereocenters. The Morgan fingerprint density at radius 3 is 2.76 bits per heavy atom. The predicted octanol–water partition coefficient (Wildman–Crippen LogP) is 1.86. The van der Waals surface area contributed by atoms with Crippen molar-refractivity contribution in [2.45, 2.75) is 32.9 Å². The van der Waals surface area contributed by atoms with Crippen LogP contribution in [0.2, 0.25) is 0 Å². The van der Waals surface area contributed by atoms with Crippen molar-refractivity contribution in [2.24, 2.45) is 5.92 Å². The van der Waals surface area contributed by atoms with Crippen LogP contribution in [0.15, 0.2) is 22.8 Å². The number of nitriles is 1. The molecule has 0 radical (unpaired) electrons. The molecule has 7 nitrogen and oxygen atoms in total. The number of alkyl carbamates (subject to hydrolysis) is 1. The zero-order valence-corrected chi connectivity index (χ0v) is 12.3. The first kappa shape index (κ1) is 16.6. The number of carbonyl (C=O) groups is 2. The summed E-state index contributed by atoms with van der Waals surface area (Å²) in [4.78, 5) is 24.6. The van der Waals surface area contributed by atoms with Crippen LogP contribution in [0, 0.1) is 17.4 Å². The van der Waals surface area contributed by atoms with Crippen LogP contribution < -0.4 is 5.32 Å². The first-order valence-corrected chi connectivity index (χ1v) is 6.57. The number of amides is 2. The van der Waals surface area contributed by atoms with E-state index in [1.807, 2.05) is 13.8 Å². The van der Waals surface area contributed by atoms with E-state index in [0.717, 1.165) is 4.90 Å². The average Bonchev–Trinajstić information content (AvgIpc) is 2.95. The number of likely N-dealkylation sites (N-methyl/N-ethyl adjacent to an activating group) is 1. The lowest BCUT2D eigenvalue weighted by Gasteiger charge is -2.21. The van der Waals surface area contributed by atoms with Crippen molar-refractivity contribution in [1.82, 2.24) is 10.2 Å². The van der Waals surface area contributed by atoms with Crippen molar-refractivity contribution < 1.29 is 18.7 Å². The van der Waals surface area contributed by atoms with Crippen molar-refractivity contribution in [3.8, 4) is 6.19 Å². The van der Waals surface area contributed by atoms with E-state index in [1.54, 1.807) is 18.3 Å². The van der Waals surface area contributed by atoms with Crippen LogP contribution in [0.1, 0.15) is 26.0 Å². The summed E-state index contributed by atoms with van der Waals surface area (Å²) in [6.45, 7) is 3.82. The van der Waals surface area contributed by atoms with Crippen LogP contribution in [-0.4, -0.2) is 30.0 Å². The highest BCUT2D eigenvalue weighted by molar-refractivity contribution is 5.86. The van der Waals surface area contributed by atoms with Crippen LogP contribution in [0.4, 0.5) is 4.79 Å². The lowest BCUT2D eigenvalue weighted by Crippen LogP contribution is -2.46. The van der Waals surface area contributed by atoms with Gasteiger partial charge >= 0.3 is 6.09 Å². The molecule has 114 valence electrons. The van der Waals surface area contributed by atoms with E-state index >= 15 is 0 Å². The maximum atomic E-state index is 12.0. The van der Waals surface area contributed by atoms with Gasteiger partial charge in [0.05, 0.1) is 6.26 Å². The number of carbonyl (C=O) groups excluding carboxylic acids is 2. The third-order valence-corrected chi connectivity index (χ3v) is 2.70. The first-order chi connectivity index (χ1) is 9.93. The molecule has 0 bridgehead atoms. The van der Waals surface area contributed by atoms with E-state index in [1.165, 1.54) is 13.3 Å². The van der Waals surface area contributed by atoms with Gasteiger partial charge in [0.15, 0.2) is 12.8 Å². The Morgan fingerprint density at radius 2 is 2.24 bits per heavy atom. The maximum Gasteiger partial charge on any atom is 0.408 e. The fourth-order valence-corrected chi connectivity index (χ4v) is 1.69. The molecule has 0 fully saturated rings. The van der Waals surface area contributed by atoms with Gasteiger partial charge in [-0.2, -0.15) is 5.26 Å². The topological polar surface area (TPSA) is 95.6 Å². The van der Waals surface area contributed by atoms with Crippen molar-refractivity contribution in [1.29, 1.82) is 5.26 Å².